The standard InChI is InChI=1S/C21H30F4O/c1-2-3-4-5-16-6-8-17(9-7-16)10-11-18-12-14-19(15-13-18)26-20(22)21(23,24)25/h12-17,20H,2-11H2,1H3. The van der Waals surface area contributed by atoms with Gasteiger partial charge in [0.25, 0.3) is 0 Å². The molecule has 1 saturated carbocycles. The topological polar surface area (TPSA) is 9.23 Å². The highest BCUT2D eigenvalue weighted by molar-refractivity contribution is 5.27. The quantitative estimate of drug-likeness (QED) is 0.327. The Bertz CT molecular complexity index is 504. The summed E-state index contributed by atoms with van der Waals surface area (Å²) in [5.74, 6) is 1.55. The van der Waals surface area contributed by atoms with E-state index >= 15 is 0 Å². The maximum absolute atomic E-state index is 12.9. The van der Waals surface area contributed by atoms with E-state index in [9.17, 15) is 17.6 Å². The zero-order chi connectivity index (χ0) is 19.0. The van der Waals surface area contributed by atoms with Crippen LogP contribution in [0.25, 0.3) is 0 Å². The van der Waals surface area contributed by atoms with Crippen LogP contribution >= 0.6 is 0 Å². The molecule has 1 aromatic rings. The minimum atomic E-state index is -4.99. The molecule has 1 atom stereocenters. The largest absolute Gasteiger partial charge is 0.457 e. The van der Waals surface area contributed by atoms with Crippen molar-refractivity contribution in [2.75, 3.05) is 0 Å². The zero-order valence-electron chi connectivity index (χ0n) is 15.5. The fraction of sp³-hybridized carbons (Fsp3) is 0.714. The number of hydrogen-bond donors (Lipinski definition) is 0. The number of ether oxygens (including phenoxy) is 1. The van der Waals surface area contributed by atoms with Crippen LogP contribution < -0.4 is 4.74 Å². The van der Waals surface area contributed by atoms with Gasteiger partial charge in [0.15, 0.2) is 0 Å². The zero-order valence-corrected chi connectivity index (χ0v) is 15.5. The van der Waals surface area contributed by atoms with Crippen LogP contribution in [0.5, 0.6) is 5.75 Å². The molecule has 0 saturated heterocycles. The van der Waals surface area contributed by atoms with E-state index in [2.05, 4.69) is 11.7 Å². The second-order valence-electron chi connectivity index (χ2n) is 7.54. The normalized spacial score (nSPS) is 22.2. The van der Waals surface area contributed by atoms with E-state index in [1.54, 1.807) is 12.1 Å². The van der Waals surface area contributed by atoms with Crippen molar-refractivity contribution in [1.29, 1.82) is 0 Å². The Morgan fingerprint density at radius 2 is 1.54 bits per heavy atom. The fourth-order valence-electron chi connectivity index (χ4n) is 3.78. The Balaban J connectivity index is 1.69. The fourth-order valence-corrected chi connectivity index (χ4v) is 3.78. The van der Waals surface area contributed by atoms with E-state index in [4.69, 9.17) is 0 Å². The maximum atomic E-state index is 12.9. The molecule has 1 aliphatic rings. The predicted molar refractivity (Wildman–Crippen MR) is 95.9 cm³/mol. The summed E-state index contributed by atoms with van der Waals surface area (Å²) in [4.78, 5) is 0. The highest BCUT2D eigenvalue weighted by Gasteiger charge is 2.42. The van der Waals surface area contributed by atoms with Crippen LogP contribution in [-0.2, 0) is 6.42 Å². The number of alkyl halides is 4. The molecule has 0 aromatic heterocycles. The van der Waals surface area contributed by atoms with Gasteiger partial charge in [-0.3, -0.25) is 0 Å². The summed E-state index contributed by atoms with van der Waals surface area (Å²) >= 11 is 0. The van der Waals surface area contributed by atoms with Crippen LogP contribution in [-0.4, -0.2) is 12.5 Å². The van der Waals surface area contributed by atoms with E-state index in [0.29, 0.717) is 0 Å². The summed E-state index contributed by atoms with van der Waals surface area (Å²) < 4.78 is 53.6. The molecule has 1 aliphatic carbocycles. The summed E-state index contributed by atoms with van der Waals surface area (Å²) in [6, 6.07) is 6.29. The number of hydrogen-bond acceptors (Lipinski definition) is 1. The molecule has 0 aliphatic heterocycles. The van der Waals surface area contributed by atoms with Gasteiger partial charge in [-0.15, -0.1) is 0 Å². The smallest absolute Gasteiger partial charge is 0.452 e. The summed E-state index contributed by atoms with van der Waals surface area (Å²) in [6.07, 6.45) is 4.32. The first-order chi connectivity index (χ1) is 12.4. The molecule has 0 spiro atoms. The summed E-state index contributed by atoms with van der Waals surface area (Å²) in [5, 5.41) is 0. The minimum absolute atomic E-state index is 0.0915. The van der Waals surface area contributed by atoms with Crippen molar-refractivity contribution in [3.05, 3.63) is 29.8 Å². The van der Waals surface area contributed by atoms with Gasteiger partial charge in [0.2, 0.25) is 0 Å². The third-order valence-electron chi connectivity index (χ3n) is 5.44. The Hall–Kier alpha value is -1.26. The monoisotopic (exact) mass is 374 g/mol. The maximum Gasteiger partial charge on any atom is 0.457 e. The molecule has 0 amide bonds. The first-order valence-electron chi connectivity index (χ1n) is 9.85. The first-order valence-corrected chi connectivity index (χ1v) is 9.85. The Morgan fingerprint density at radius 3 is 2.08 bits per heavy atom. The van der Waals surface area contributed by atoms with Gasteiger partial charge >= 0.3 is 12.5 Å². The molecule has 5 heteroatoms. The second kappa shape index (κ2) is 10.2. The van der Waals surface area contributed by atoms with Gasteiger partial charge in [0, 0.05) is 0 Å². The van der Waals surface area contributed by atoms with E-state index < -0.39 is 12.5 Å². The first kappa shape index (κ1) is 21.0. The molecule has 0 radical (unpaired) electrons. The van der Waals surface area contributed by atoms with E-state index in [1.807, 2.05) is 0 Å². The molecule has 148 valence electrons. The number of benzene rings is 1. The number of halogens is 4. The highest BCUT2D eigenvalue weighted by Crippen LogP contribution is 2.34. The van der Waals surface area contributed by atoms with Crippen molar-refractivity contribution in [1.82, 2.24) is 0 Å². The van der Waals surface area contributed by atoms with Crippen LogP contribution in [0.2, 0.25) is 0 Å². The number of unbranched alkanes of at least 4 members (excludes halogenated alkanes) is 2. The van der Waals surface area contributed by atoms with Crippen molar-refractivity contribution in [3.8, 4) is 5.75 Å². The van der Waals surface area contributed by atoms with Crippen LogP contribution in [0.3, 0.4) is 0 Å². The second-order valence-corrected chi connectivity index (χ2v) is 7.54. The Morgan fingerprint density at radius 1 is 0.962 bits per heavy atom. The molecule has 1 fully saturated rings. The molecule has 1 nitrogen and oxygen atoms in total. The van der Waals surface area contributed by atoms with Gasteiger partial charge in [-0.05, 0) is 42.4 Å². The lowest BCUT2D eigenvalue weighted by Gasteiger charge is -2.28. The lowest BCUT2D eigenvalue weighted by atomic mass is 9.78. The van der Waals surface area contributed by atoms with E-state index in [0.717, 1.165) is 30.2 Å². The van der Waals surface area contributed by atoms with Gasteiger partial charge in [-0.25, -0.2) is 0 Å². The predicted octanol–water partition coefficient (Wildman–Crippen LogP) is 7.24. The molecule has 1 aromatic carbocycles. The Kier molecular flexibility index (Phi) is 8.23. The SMILES string of the molecule is CCCCCC1CCC(CCc2ccc(OC(F)C(F)(F)F)cc2)CC1. The molecule has 0 bridgehead atoms. The number of aryl methyl sites for hydroxylation is 1. The van der Waals surface area contributed by atoms with E-state index in [-0.39, 0.29) is 5.75 Å². The molecule has 2 rings (SSSR count). The lowest BCUT2D eigenvalue weighted by Crippen LogP contribution is -2.29. The van der Waals surface area contributed by atoms with Crippen LogP contribution in [0, 0.1) is 11.8 Å². The molecular formula is C21H30F4O. The van der Waals surface area contributed by atoms with Crippen molar-refractivity contribution < 1.29 is 22.3 Å². The molecule has 26 heavy (non-hydrogen) atoms. The van der Waals surface area contributed by atoms with Crippen LogP contribution in [0.1, 0.15) is 70.3 Å². The van der Waals surface area contributed by atoms with Gasteiger partial charge in [-0.1, -0.05) is 70.4 Å². The lowest BCUT2D eigenvalue weighted by molar-refractivity contribution is -0.236. The van der Waals surface area contributed by atoms with Gasteiger partial charge < -0.3 is 4.74 Å². The number of rotatable bonds is 9. The van der Waals surface area contributed by atoms with Crippen molar-refractivity contribution in [2.45, 2.75) is 83.7 Å². The Labute approximate surface area is 154 Å². The summed E-state index contributed by atoms with van der Waals surface area (Å²) in [6.45, 7) is 2.24. The highest BCUT2D eigenvalue weighted by atomic mass is 19.4. The van der Waals surface area contributed by atoms with Gasteiger partial charge in [0.05, 0.1) is 0 Å². The third-order valence-corrected chi connectivity index (χ3v) is 5.44. The van der Waals surface area contributed by atoms with Crippen LogP contribution in [0.4, 0.5) is 17.6 Å². The van der Waals surface area contributed by atoms with Crippen molar-refractivity contribution in [2.24, 2.45) is 11.8 Å². The van der Waals surface area contributed by atoms with Gasteiger partial charge in [0.1, 0.15) is 5.75 Å². The van der Waals surface area contributed by atoms with Crippen molar-refractivity contribution in [3.63, 3.8) is 0 Å². The molecular weight excluding hydrogens is 344 g/mol. The van der Waals surface area contributed by atoms with Crippen LogP contribution in [0.15, 0.2) is 24.3 Å². The van der Waals surface area contributed by atoms with Gasteiger partial charge in [-0.2, -0.15) is 17.6 Å². The average molecular weight is 374 g/mol. The third kappa shape index (κ3) is 7.16. The molecule has 1 unspecified atom stereocenters. The molecule has 0 heterocycles. The van der Waals surface area contributed by atoms with Crippen molar-refractivity contribution >= 4 is 0 Å². The minimum Gasteiger partial charge on any atom is -0.452 e. The molecule has 0 N–H and O–H groups in total. The van der Waals surface area contributed by atoms with E-state index in [1.165, 1.54) is 63.5 Å². The average Bonchev–Trinajstić information content (AvgIpc) is 2.61. The summed E-state index contributed by atoms with van der Waals surface area (Å²) in [7, 11) is 0. The summed E-state index contributed by atoms with van der Waals surface area (Å²) in [5.41, 5.74) is 1.06.